The van der Waals surface area contributed by atoms with E-state index in [-0.39, 0.29) is 18.4 Å². The zero-order chi connectivity index (χ0) is 18.5. The van der Waals surface area contributed by atoms with E-state index in [1.807, 2.05) is 19.1 Å². The molecule has 2 heterocycles. The first kappa shape index (κ1) is 18.4. The molecule has 1 atom stereocenters. The molecule has 6 nitrogen and oxygen atoms in total. The molecule has 6 heteroatoms. The highest BCUT2D eigenvalue weighted by atomic mass is 16.5. The normalized spacial score (nSPS) is 19.2. The maximum atomic E-state index is 12.5. The van der Waals surface area contributed by atoms with Gasteiger partial charge in [0.1, 0.15) is 17.6 Å². The summed E-state index contributed by atoms with van der Waals surface area (Å²) < 4.78 is 10.7. The SMILES string of the molecule is COC(=O)[C@H](CC1CCCCC1)N1CC(Oc2ccc(C)nc2)=CC1=O. The van der Waals surface area contributed by atoms with Gasteiger partial charge in [0, 0.05) is 11.8 Å². The molecular formula is C20H26N2O4. The summed E-state index contributed by atoms with van der Waals surface area (Å²) in [6, 6.07) is 3.12. The zero-order valence-electron chi connectivity index (χ0n) is 15.4. The summed E-state index contributed by atoms with van der Waals surface area (Å²) in [4.78, 5) is 30.6. The van der Waals surface area contributed by atoms with Crippen molar-refractivity contribution in [2.75, 3.05) is 13.7 Å². The zero-order valence-corrected chi connectivity index (χ0v) is 15.4. The molecule has 2 aliphatic rings. The van der Waals surface area contributed by atoms with Crippen LogP contribution < -0.4 is 4.74 Å². The average Bonchev–Trinajstić information content (AvgIpc) is 3.01. The number of methoxy groups -OCH3 is 1. The van der Waals surface area contributed by atoms with Crippen LogP contribution in [0, 0.1) is 12.8 Å². The molecule has 0 saturated heterocycles. The average molecular weight is 358 g/mol. The number of rotatable bonds is 6. The van der Waals surface area contributed by atoms with Crippen LogP contribution >= 0.6 is 0 Å². The molecule has 1 aromatic rings. The van der Waals surface area contributed by atoms with Gasteiger partial charge in [-0.3, -0.25) is 9.78 Å². The number of esters is 1. The maximum absolute atomic E-state index is 12.5. The third-order valence-electron chi connectivity index (χ3n) is 5.16. The second kappa shape index (κ2) is 8.34. The minimum atomic E-state index is -0.552. The van der Waals surface area contributed by atoms with E-state index < -0.39 is 6.04 Å². The van der Waals surface area contributed by atoms with Crippen LogP contribution in [0.5, 0.6) is 5.75 Å². The van der Waals surface area contributed by atoms with Gasteiger partial charge < -0.3 is 14.4 Å². The van der Waals surface area contributed by atoms with E-state index in [2.05, 4.69) is 4.98 Å². The van der Waals surface area contributed by atoms with Crippen molar-refractivity contribution in [2.24, 2.45) is 5.92 Å². The fourth-order valence-electron chi connectivity index (χ4n) is 3.73. The third-order valence-corrected chi connectivity index (χ3v) is 5.16. The van der Waals surface area contributed by atoms with Crippen molar-refractivity contribution >= 4 is 11.9 Å². The van der Waals surface area contributed by atoms with Gasteiger partial charge in [-0.05, 0) is 31.4 Å². The number of pyridine rings is 1. The first-order valence-corrected chi connectivity index (χ1v) is 9.26. The van der Waals surface area contributed by atoms with Crippen molar-refractivity contribution in [3.05, 3.63) is 35.9 Å². The first-order valence-electron chi connectivity index (χ1n) is 9.26. The molecule has 0 unspecified atom stereocenters. The van der Waals surface area contributed by atoms with Gasteiger partial charge in [0.15, 0.2) is 0 Å². The number of aromatic nitrogens is 1. The fourth-order valence-corrected chi connectivity index (χ4v) is 3.73. The Morgan fingerprint density at radius 1 is 1.31 bits per heavy atom. The summed E-state index contributed by atoms with van der Waals surface area (Å²) >= 11 is 0. The Morgan fingerprint density at radius 2 is 2.08 bits per heavy atom. The van der Waals surface area contributed by atoms with Crippen molar-refractivity contribution in [2.45, 2.75) is 51.5 Å². The van der Waals surface area contributed by atoms with Gasteiger partial charge in [-0.2, -0.15) is 0 Å². The van der Waals surface area contributed by atoms with Gasteiger partial charge in [0.2, 0.25) is 0 Å². The number of nitrogens with zero attached hydrogens (tertiary/aromatic N) is 2. The number of hydrogen-bond acceptors (Lipinski definition) is 5. The Kier molecular flexibility index (Phi) is 5.91. The van der Waals surface area contributed by atoms with E-state index in [9.17, 15) is 9.59 Å². The molecule has 1 aliphatic carbocycles. The van der Waals surface area contributed by atoms with Gasteiger partial charge in [-0.25, -0.2) is 4.79 Å². The molecule has 1 fully saturated rings. The van der Waals surface area contributed by atoms with Crippen LogP contribution in [0.3, 0.4) is 0 Å². The van der Waals surface area contributed by atoms with Crippen molar-refractivity contribution in [1.29, 1.82) is 0 Å². The van der Waals surface area contributed by atoms with E-state index in [0.717, 1.165) is 18.5 Å². The van der Waals surface area contributed by atoms with E-state index in [4.69, 9.17) is 9.47 Å². The third kappa shape index (κ3) is 4.42. The second-order valence-electron chi connectivity index (χ2n) is 7.09. The van der Waals surface area contributed by atoms with Gasteiger partial charge in [-0.1, -0.05) is 32.1 Å². The van der Waals surface area contributed by atoms with Crippen molar-refractivity contribution in [1.82, 2.24) is 9.88 Å². The smallest absolute Gasteiger partial charge is 0.328 e. The lowest BCUT2D eigenvalue weighted by atomic mass is 9.84. The van der Waals surface area contributed by atoms with Crippen LogP contribution in [-0.2, 0) is 14.3 Å². The second-order valence-corrected chi connectivity index (χ2v) is 7.09. The number of hydrogen-bond donors (Lipinski definition) is 0. The van der Waals surface area contributed by atoms with Crippen LogP contribution in [0.15, 0.2) is 30.2 Å². The minimum Gasteiger partial charge on any atom is -0.467 e. The maximum Gasteiger partial charge on any atom is 0.328 e. The Morgan fingerprint density at radius 3 is 2.73 bits per heavy atom. The largest absolute Gasteiger partial charge is 0.467 e. The molecule has 0 spiro atoms. The van der Waals surface area contributed by atoms with Gasteiger partial charge in [0.25, 0.3) is 5.91 Å². The number of carbonyl (C=O) groups excluding carboxylic acids is 2. The number of ether oxygens (including phenoxy) is 2. The molecule has 1 amide bonds. The monoisotopic (exact) mass is 358 g/mol. The Balaban J connectivity index is 1.66. The summed E-state index contributed by atoms with van der Waals surface area (Å²) in [5.41, 5.74) is 0.897. The molecule has 140 valence electrons. The first-order chi connectivity index (χ1) is 12.6. The topological polar surface area (TPSA) is 68.7 Å². The highest BCUT2D eigenvalue weighted by Crippen LogP contribution is 2.30. The van der Waals surface area contributed by atoms with Crippen LogP contribution in [0.1, 0.15) is 44.2 Å². The fraction of sp³-hybridized carbons (Fsp3) is 0.550. The molecule has 26 heavy (non-hydrogen) atoms. The van der Waals surface area contributed by atoms with E-state index in [1.54, 1.807) is 11.1 Å². The quantitative estimate of drug-likeness (QED) is 0.731. The lowest BCUT2D eigenvalue weighted by molar-refractivity contribution is -0.151. The van der Waals surface area contributed by atoms with E-state index >= 15 is 0 Å². The summed E-state index contributed by atoms with van der Waals surface area (Å²) in [6.07, 6.45) is 9.61. The summed E-state index contributed by atoms with van der Waals surface area (Å²) in [7, 11) is 1.37. The van der Waals surface area contributed by atoms with Gasteiger partial charge in [0.05, 0.1) is 19.9 Å². The summed E-state index contributed by atoms with van der Waals surface area (Å²) in [5, 5.41) is 0. The molecule has 1 aromatic heterocycles. The van der Waals surface area contributed by atoms with Gasteiger partial charge >= 0.3 is 5.97 Å². The van der Waals surface area contributed by atoms with E-state index in [1.165, 1.54) is 32.4 Å². The van der Waals surface area contributed by atoms with Crippen molar-refractivity contribution in [3.63, 3.8) is 0 Å². The lowest BCUT2D eigenvalue weighted by Crippen LogP contribution is -2.44. The molecule has 1 aliphatic heterocycles. The van der Waals surface area contributed by atoms with E-state index in [0.29, 0.717) is 23.8 Å². The highest BCUT2D eigenvalue weighted by Gasteiger charge is 2.36. The Hall–Kier alpha value is -2.37. The predicted molar refractivity (Wildman–Crippen MR) is 96.4 cm³/mol. The summed E-state index contributed by atoms with van der Waals surface area (Å²) in [6.45, 7) is 2.18. The minimum absolute atomic E-state index is 0.203. The van der Waals surface area contributed by atoms with Crippen LogP contribution in [0.2, 0.25) is 0 Å². The highest BCUT2D eigenvalue weighted by molar-refractivity contribution is 5.94. The van der Waals surface area contributed by atoms with Crippen LogP contribution in [0.4, 0.5) is 0 Å². The van der Waals surface area contributed by atoms with Crippen molar-refractivity contribution in [3.8, 4) is 5.75 Å². The van der Waals surface area contributed by atoms with Gasteiger partial charge in [-0.15, -0.1) is 0 Å². The molecular weight excluding hydrogens is 332 g/mol. The summed E-state index contributed by atoms with van der Waals surface area (Å²) in [5.74, 6) is 1.02. The van der Waals surface area contributed by atoms with Crippen LogP contribution in [0.25, 0.3) is 0 Å². The number of amides is 1. The predicted octanol–water partition coefficient (Wildman–Crippen LogP) is 3.01. The lowest BCUT2D eigenvalue weighted by Gasteiger charge is -2.30. The standard InChI is InChI=1S/C20H26N2O4/c1-14-8-9-16(12-21-14)26-17-11-19(23)22(13-17)18(20(24)25-2)10-15-6-4-3-5-7-15/h8-9,11-12,15,18H,3-7,10,13H2,1-2H3/t18-/m0/s1. The molecule has 1 saturated carbocycles. The molecule has 0 bridgehead atoms. The molecule has 3 rings (SSSR count). The Bertz CT molecular complexity index is 678. The molecule has 0 radical (unpaired) electrons. The number of aryl methyl sites for hydroxylation is 1. The molecule has 0 aromatic carbocycles. The Labute approximate surface area is 154 Å². The number of carbonyl (C=O) groups is 2. The molecule has 0 N–H and O–H groups in total. The van der Waals surface area contributed by atoms with Crippen molar-refractivity contribution < 1.29 is 19.1 Å². The van der Waals surface area contributed by atoms with Crippen LogP contribution in [-0.4, -0.2) is 41.5 Å².